The zero-order valence-electron chi connectivity index (χ0n) is 7.22. The minimum atomic E-state index is -0.218. The predicted molar refractivity (Wildman–Crippen MR) is 58.0 cm³/mol. The summed E-state index contributed by atoms with van der Waals surface area (Å²) in [6, 6.07) is 3.20. The normalized spacial score (nSPS) is 12.9. The van der Waals surface area contributed by atoms with Crippen molar-refractivity contribution in [2.45, 2.75) is 19.4 Å². The maximum atomic E-state index is 9.67. The zero-order chi connectivity index (χ0) is 10.0. The Labute approximate surface area is 90.8 Å². The first-order valence-electron chi connectivity index (χ1n) is 4.00. The Morgan fingerprint density at radius 1 is 1.62 bits per heavy atom. The summed E-state index contributed by atoms with van der Waals surface area (Å²) in [4.78, 5) is 0. The van der Waals surface area contributed by atoms with Crippen LogP contribution in [0.4, 0.5) is 0 Å². The van der Waals surface area contributed by atoms with E-state index >= 15 is 0 Å². The van der Waals surface area contributed by atoms with E-state index in [4.69, 9.17) is 17.3 Å². The van der Waals surface area contributed by atoms with Crippen LogP contribution in [0.2, 0.25) is 5.02 Å². The van der Waals surface area contributed by atoms with Gasteiger partial charge in [0.25, 0.3) is 0 Å². The maximum Gasteiger partial charge on any atom is 0.136 e. The molecule has 13 heavy (non-hydrogen) atoms. The highest BCUT2D eigenvalue weighted by Gasteiger charge is 2.15. The minimum absolute atomic E-state index is 0.141. The van der Waals surface area contributed by atoms with E-state index in [0.29, 0.717) is 15.1 Å². The van der Waals surface area contributed by atoms with Gasteiger partial charge in [0.1, 0.15) is 5.75 Å². The Kier molecular flexibility index (Phi) is 3.59. The van der Waals surface area contributed by atoms with Crippen LogP contribution in [0.5, 0.6) is 5.75 Å². The monoisotopic (exact) mass is 263 g/mol. The van der Waals surface area contributed by atoms with Gasteiger partial charge in [0.15, 0.2) is 0 Å². The fourth-order valence-corrected chi connectivity index (χ4v) is 1.75. The van der Waals surface area contributed by atoms with Crippen molar-refractivity contribution in [1.82, 2.24) is 0 Å². The summed E-state index contributed by atoms with van der Waals surface area (Å²) in [5, 5.41) is 10.2. The van der Waals surface area contributed by atoms with E-state index in [-0.39, 0.29) is 11.8 Å². The Morgan fingerprint density at radius 3 is 2.77 bits per heavy atom. The van der Waals surface area contributed by atoms with Crippen LogP contribution in [0.3, 0.4) is 0 Å². The van der Waals surface area contributed by atoms with E-state index in [1.165, 1.54) is 0 Å². The Bertz CT molecular complexity index is 317. The van der Waals surface area contributed by atoms with E-state index in [2.05, 4.69) is 15.9 Å². The molecule has 0 heterocycles. The first kappa shape index (κ1) is 10.8. The van der Waals surface area contributed by atoms with Crippen molar-refractivity contribution in [2.24, 2.45) is 5.73 Å². The Balaban J connectivity index is 3.25. The molecule has 1 aromatic rings. The molecule has 2 nitrogen and oxygen atoms in total. The topological polar surface area (TPSA) is 46.2 Å². The zero-order valence-corrected chi connectivity index (χ0v) is 9.56. The van der Waals surface area contributed by atoms with Crippen molar-refractivity contribution in [3.8, 4) is 5.75 Å². The van der Waals surface area contributed by atoms with E-state index in [0.717, 1.165) is 6.42 Å². The third-order valence-corrected chi connectivity index (χ3v) is 2.89. The van der Waals surface area contributed by atoms with Crippen LogP contribution in [-0.4, -0.2) is 5.11 Å². The van der Waals surface area contributed by atoms with Gasteiger partial charge in [-0.25, -0.2) is 0 Å². The molecule has 0 saturated carbocycles. The molecule has 0 aliphatic heterocycles. The van der Waals surface area contributed by atoms with Gasteiger partial charge in [-0.05, 0) is 34.5 Å². The minimum Gasteiger partial charge on any atom is -0.506 e. The van der Waals surface area contributed by atoms with Gasteiger partial charge in [-0.3, -0.25) is 0 Å². The standard InChI is InChI=1S/C9H11BrClNO/c1-2-7(12)8-6(11)4-3-5(10)9(8)13/h3-4,7,13H,2,12H2,1H3/t7-/m0/s1. The largest absolute Gasteiger partial charge is 0.506 e. The summed E-state index contributed by atoms with van der Waals surface area (Å²) in [6.07, 6.45) is 0.740. The molecule has 3 N–H and O–H groups in total. The van der Waals surface area contributed by atoms with E-state index in [1.807, 2.05) is 6.92 Å². The fourth-order valence-electron chi connectivity index (χ4n) is 1.11. The number of hydrogen-bond acceptors (Lipinski definition) is 2. The van der Waals surface area contributed by atoms with Gasteiger partial charge in [-0.1, -0.05) is 18.5 Å². The molecule has 1 atom stereocenters. The average Bonchev–Trinajstić information content (AvgIpc) is 2.12. The van der Waals surface area contributed by atoms with Gasteiger partial charge in [0.05, 0.1) is 4.47 Å². The van der Waals surface area contributed by atoms with Crippen molar-refractivity contribution in [2.75, 3.05) is 0 Å². The molecule has 1 rings (SSSR count). The summed E-state index contributed by atoms with van der Waals surface area (Å²) >= 11 is 9.13. The van der Waals surface area contributed by atoms with Crippen LogP contribution in [-0.2, 0) is 0 Å². The highest BCUT2D eigenvalue weighted by Crippen LogP contribution is 2.37. The third-order valence-electron chi connectivity index (χ3n) is 1.93. The number of benzene rings is 1. The van der Waals surface area contributed by atoms with Gasteiger partial charge in [0.2, 0.25) is 0 Å². The first-order valence-corrected chi connectivity index (χ1v) is 5.17. The molecule has 0 unspecified atom stereocenters. The highest BCUT2D eigenvalue weighted by atomic mass is 79.9. The first-order chi connectivity index (χ1) is 6.07. The molecule has 0 saturated heterocycles. The number of hydrogen-bond donors (Lipinski definition) is 2. The molecular formula is C9H11BrClNO. The molecule has 0 aromatic heterocycles. The number of nitrogens with two attached hydrogens (primary N) is 1. The number of phenolic OH excluding ortho intramolecular Hbond substituents is 1. The number of halogens is 2. The Hall–Kier alpha value is -0.250. The van der Waals surface area contributed by atoms with Crippen LogP contribution < -0.4 is 5.73 Å². The van der Waals surface area contributed by atoms with Crippen molar-refractivity contribution >= 4 is 27.5 Å². The number of phenols is 1. The van der Waals surface area contributed by atoms with Crippen LogP contribution >= 0.6 is 27.5 Å². The fraction of sp³-hybridized carbons (Fsp3) is 0.333. The summed E-state index contributed by atoms with van der Waals surface area (Å²) in [7, 11) is 0. The van der Waals surface area contributed by atoms with Crippen LogP contribution in [0, 0.1) is 0 Å². The lowest BCUT2D eigenvalue weighted by Crippen LogP contribution is -2.09. The van der Waals surface area contributed by atoms with Gasteiger partial charge < -0.3 is 10.8 Å². The van der Waals surface area contributed by atoms with Gasteiger partial charge in [0, 0.05) is 16.6 Å². The van der Waals surface area contributed by atoms with Crippen molar-refractivity contribution in [3.05, 3.63) is 27.2 Å². The SMILES string of the molecule is CC[C@H](N)c1c(Cl)ccc(Br)c1O. The molecule has 0 radical (unpaired) electrons. The maximum absolute atomic E-state index is 9.67. The molecule has 4 heteroatoms. The van der Waals surface area contributed by atoms with E-state index < -0.39 is 0 Å². The highest BCUT2D eigenvalue weighted by molar-refractivity contribution is 9.10. The van der Waals surface area contributed by atoms with Crippen molar-refractivity contribution < 1.29 is 5.11 Å². The summed E-state index contributed by atoms with van der Waals surface area (Å²) < 4.78 is 0.621. The van der Waals surface area contributed by atoms with Crippen LogP contribution in [0.25, 0.3) is 0 Å². The van der Waals surface area contributed by atoms with Gasteiger partial charge in [-0.15, -0.1) is 0 Å². The lowest BCUT2D eigenvalue weighted by molar-refractivity contribution is 0.457. The second-order valence-electron chi connectivity index (χ2n) is 2.81. The van der Waals surface area contributed by atoms with Crippen LogP contribution in [0.15, 0.2) is 16.6 Å². The molecular weight excluding hydrogens is 253 g/mol. The van der Waals surface area contributed by atoms with Crippen molar-refractivity contribution in [1.29, 1.82) is 0 Å². The molecule has 0 fully saturated rings. The smallest absolute Gasteiger partial charge is 0.136 e. The molecule has 0 aliphatic carbocycles. The molecule has 72 valence electrons. The third kappa shape index (κ3) is 2.16. The molecule has 1 aromatic carbocycles. The van der Waals surface area contributed by atoms with Crippen LogP contribution in [0.1, 0.15) is 24.9 Å². The van der Waals surface area contributed by atoms with E-state index in [9.17, 15) is 5.11 Å². The number of rotatable bonds is 2. The number of aromatic hydroxyl groups is 1. The average molecular weight is 265 g/mol. The second kappa shape index (κ2) is 4.31. The quantitative estimate of drug-likeness (QED) is 0.861. The molecule has 0 bridgehead atoms. The van der Waals surface area contributed by atoms with Gasteiger partial charge >= 0.3 is 0 Å². The molecule has 0 spiro atoms. The molecule has 0 aliphatic rings. The van der Waals surface area contributed by atoms with Crippen molar-refractivity contribution in [3.63, 3.8) is 0 Å². The second-order valence-corrected chi connectivity index (χ2v) is 4.07. The van der Waals surface area contributed by atoms with Gasteiger partial charge in [-0.2, -0.15) is 0 Å². The lowest BCUT2D eigenvalue weighted by atomic mass is 10.0. The lowest BCUT2D eigenvalue weighted by Gasteiger charge is -2.14. The Morgan fingerprint density at radius 2 is 2.23 bits per heavy atom. The molecule has 0 amide bonds. The summed E-state index contributed by atoms with van der Waals surface area (Å²) in [5.74, 6) is 0.141. The summed E-state index contributed by atoms with van der Waals surface area (Å²) in [5.41, 5.74) is 6.41. The predicted octanol–water partition coefficient (Wildman–Crippen LogP) is 3.22. The summed E-state index contributed by atoms with van der Waals surface area (Å²) in [6.45, 7) is 1.95. The van der Waals surface area contributed by atoms with E-state index in [1.54, 1.807) is 12.1 Å².